The minimum Gasteiger partial charge on any atom is -0.490 e. The van der Waals surface area contributed by atoms with E-state index in [1.54, 1.807) is 30.3 Å². The molecule has 0 bridgehead atoms. The maximum absolute atomic E-state index is 12.5. The van der Waals surface area contributed by atoms with Crippen molar-refractivity contribution >= 4 is 27.3 Å². The second-order valence-corrected chi connectivity index (χ2v) is 6.83. The van der Waals surface area contributed by atoms with E-state index in [1.165, 1.54) is 12.1 Å². The molecule has 2 aromatic rings. The first-order valence-electron chi connectivity index (χ1n) is 6.73. The molecule has 0 amide bonds. The van der Waals surface area contributed by atoms with Crippen LogP contribution in [0.15, 0.2) is 47.4 Å². The summed E-state index contributed by atoms with van der Waals surface area (Å²) in [5.74, 6) is 0.980. The van der Waals surface area contributed by atoms with Crippen LogP contribution in [0.3, 0.4) is 0 Å². The Morgan fingerprint density at radius 3 is 2.50 bits per heavy atom. The first-order valence-corrected chi connectivity index (χ1v) is 8.59. The van der Waals surface area contributed by atoms with Crippen LogP contribution in [0.2, 0.25) is 5.02 Å². The van der Waals surface area contributed by atoms with E-state index in [2.05, 4.69) is 4.72 Å². The summed E-state index contributed by atoms with van der Waals surface area (Å²) in [4.78, 5) is 0.0941. The van der Waals surface area contributed by atoms with E-state index >= 15 is 0 Å². The number of halogens is 1. The molecule has 1 aliphatic rings. The molecule has 0 spiro atoms. The summed E-state index contributed by atoms with van der Waals surface area (Å²) in [6, 6.07) is 11.2. The van der Waals surface area contributed by atoms with Gasteiger partial charge in [-0.1, -0.05) is 23.7 Å². The highest BCUT2D eigenvalue weighted by Crippen LogP contribution is 2.33. The topological polar surface area (TPSA) is 64.6 Å². The molecule has 0 unspecified atom stereocenters. The van der Waals surface area contributed by atoms with Gasteiger partial charge in [0.05, 0.1) is 28.8 Å². The molecule has 3 rings (SSSR count). The van der Waals surface area contributed by atoms with Gasteiger partial charge in [-0.2, -0.15) is 0 Å². The molecule has 1 N–H and O–H groups in total. The molecule has 0 fully saturated rings. The van der Waals surface area contributed by atoms with Crippen LogP contribution >= 0.6 is 11.6 Å². The monoisotopic (exact) mass is 339 g/mol. The van der Waals surface area contributed by atoms with Gasteiger partial charge in [-0.05, 0) is 24.3 Å². The van der Waals surface area contributed by atoms with Gasteiger partial charge in [0.1, 0.15) is 0 Å². The zero-order valence-corrected chi connectivity index (χ0v) is 13.2. The SMILES string of the molecule is O=S(=O)(Nc1ccccc1Cl)c1ccc2c(c1)OCCCO2. The molecular weight excluding hydrogens is 326 g/mol. The first kappa shape index (κ1) is 15.0. The number of rotatable bonds is 3. The number of ether oxygens (including phenoxy) is 2. The van der Waals surface area contributed by atoms with Crippen molar-refractivity contribution < 1.29 is 17.9 Å². The standard InChI is InChI=1S/C15H14ClNO4S/c16-12-4-1-2-5-13(12)17-22(18,19)11-6-7-14-15(10-11)21-9-3-8-20-14/h1-2,4-7,10,17H,3,8-9H2. The molecule has 0 radical (unpaired) electrons. The number of anilines is 1. The molecule has 116 valence electrons. The van der Waals surface area contributed by atoms with Crippen LogP contribution in [-0.4, -0.2) is 21.6 Å². The van der Waals surface area contributed by atoms with Gasteiger partial charge in [-0.3, -0.25) is 4.72 Å². The Bertz CT molecular complexity index is 792. The molecule has 0 saturated heterocycles. The Morgan fingerprint density at radius 1 is 1.00 bits per heavy atom. The summed E-state index contributed by atoms with van der Waals surface area (Å²) < 4.78 is 38.4. The summed E-state index contributed by atoms with van der Waals surface area (Å²) in [6.07, 6.45) is 0.759. The quantitative estimate of drug-likeness (QED) is 0.931. The van der Waals surface area contributed by atoms with Gasteiger partial charge in [0.25, 0.3) is 10.0 Å². The minimum atomic E-state index is -3.75. The maximum Gasteiger partial charge on any atom is 0.262 e. The van der Waals surface area contributed by atoms with E-state index in [9.17, 15) is 8.42 Å². The van der Waals surface area contributed by atoms with Crippen LogP contribution in [0.5, 0.6) is 11.5 Å². The van der Waals surface area contributed by atoms with E-state index in [0.29, 0.717) is 35.4 Å². The molecular formula is C15H14ClNO4S. The van der Waals surface area contributed by atoms with Crippen molar-refractivity contribution in [3.05, 3.63) is 47.5 Å². The van der Waals surface area contributed by atoms with Crippen molar-refractivity contribution in [3.63, 3.8) is 0 Å². The number of sulfonamides is 1. The Morgan fingerprint density at radius 2 is 1.73 bits per heavy atom. The van der Waals surface area contributed by atoms with Crippen LogP contribution in [0.1, 0.15) is 6.42 Å². The van der Waals surface area contributed by atoms with Crippen molar-refractivity contribution in [2.24, 2.45) is 0 Å². The van der Waals surface area contributed by atoms with Gasteiger partial charge in [0.2, 0.25) is 0 Å². The molecule has 5 nitrogen and oxygen atoms in total. The summed E-state index contributed by atoms with van der Waals surface area (Å²) in [5, 5.41) is 0.334. The molecule has 0 aromatic heterocycles. The third-order valence-electron chi connectivity index (χ3n) is 3.15. The lowest BCUT2D eigenvalue weighted by molar-refractivity contribution is 0.297. The number of hydrogen-bond acceptors (Lipinski definition) is 4. The molecule has 0 aliphatic carbocycles. The molecule has 7 heteroatoms. The number of benzene rings is 2. The maximum atomic E-state index is 12.5. The smallest absolute Gasteiger partial charge is 0.262 e. The van der Waals surface area contributed by atoms with E-state index in [0.717, 1.165) is 6.42 Å². The highest BCUT2D eigenvalue weighted by atomic mass is 35.5. The summed E-state index contributed by atoms with van der Waals surface area (Å²) >= 11 is 5.98. The molecule has 22 heavy (non-hydrogen) atoms. The Balaban J connectivity index is 1.92. The second-order valence-electron chi connectivity index (χ2n) is 4.74. The average molecular weight is 340 g/mol. The van der Waals surface area contributed by atoms with Crippen LogP contribution in [0.4, 0.5) is 5.69 Å². The largest absolute Gasteiger partial charge is 0.490 e. The third kappa shape index (κ3) is 3.13. The second kappa shape index (κ2) is 6.06. The number of para-hydroxylation sites is 1. The van der Waals surface area contributed by atoms with E-state index in [4.69, 9.17) is 21.1 Å². The van der Waals surface area contributed by atoms with E-state index in [1.807, 2.05) is 0 Å². The summed E-state index contributed by atoms with van der Waals surface area (Å²) in [5.41, 5.74) is 0.330. The normalized spacial score (nSPS) is 14.2. The lowest BCUT2D eigenvalue weighted by Crippen LogP contribution is -2.13. The fraction of sp³-hybridized carbons (Fsp3) is 0.200. The van der Waals surface area contributed by atoms with Crippen molar-refractivity contribution in [2.75, 3.05) is 17.9 Å². The Kier molecular flexibility index (Phi) is 4.13. The number of fused-ring (bicyclic) bond motifs is 1. The van der Waals surface area contributed by atoms with E-state index in [-0.39, 0.29) is 4.90 Å². The zero-order chi connectivity index (χ0) is 15.6. The number of hydrogen-bond donors (Lipinski definition) is 1. The molecule has 1 aliphatic heterocycles. The van der Waals surface area contributed by atoms with Gasteiger partial charge >= 0.3 is 0 Å². The zero-order valence-electron chi connectivity index (χ0n) is 11.6. The van der Waals surface area contributed by atoms with Crippen LogP contribution in [-0.2, 0) is 10.0 Å². The van der Waals surface area contributed by atoms with Crippen molar-refractivity contribution in [1.82, 2.24) is 0 Å². The van der Waals surface area contributed by atoms with Gasteiger partial charge in [-0.15, -0.1) is 0 Å². The van der Waals surface area contributed by atoms with Crippen molar-refractivity contribution in [1.29, 1.82) is 0 Å². The van der Waals surface area contributed by atoms with Gasteiger partial charge < -0.3 is 9.47 Å². The third-order valence-corrected chi connectivity index (χ3v) is 4.84. The summed E-state index contributed by atoms with van der Waals surface area (Å²) in [7, 11) is -3.75. The van der Waals surface area contributed by atoms with Crippen LogP contribution in [0.25, 0.3) is 0 Å². The molecule has 0 atom stereocenters. The highest BCUT2D eigenvalue weighted by molar-refractivity contribution is 7.92. The Labute approximate surface area is 133 Å². The highest BCUT2D eigenvalue weighted by Gasteiger charge is 2.19. The average Bonchev–Trinajstić information content (AvgIpc) is 2.74. The Hall–Kier alpha value is -1.92. The fourth-order valence-corrected chi connectivity index (χ4v) is 3.39. The van der Waals surface area contributed by atoms with Crippen LogP contribution in [0, 0.1) is 0 Å². The first-order chi connectivity index (χ1) is 10.6. The number of nitrogens with one attached hydrogen (secondary N) is 1. The van der Waals surface area contributed by atoms with Gasteiger partial charge in [0.15, 0.2) is 11.5 Å². The molecule has 2 aromatic carbocycles. The lowest BCUT2D eigenvalue weighted by atomic mass is 10.3. The van der Waals surface area contributed by atoms with Crippen molar-refractivity contribution in [2.45, 2.75) is 11.3 Å². The predicted molar refractivity (Wildman–Crippen MR) is 84.3 cm³/mol. The minimum absolute atomic E-state index is 0.0941. The van der Waals surface area contributed by atoms with E-state index < -0.39 is 10.0 Å². The van der Waals surface area contributed by atoms with Gasteiger partial charge in [0, 0.05) is 12.5 Å². The van der Waals surface area contributed by atoms with Gasteiger partial charge in [-0.25, -0.2) is 8.42 Å². The summed E-state index contributed by atoms with van der Waals surface area (Å²) in [6.45, 7) is 1.05. The molecule has 1 heterocycles. The van der Waals surface area contributed by atoms with Crippen molar-refractivity contribution in [3.8, 4) is 11.5 Å². The molecule has 0 saturated carbocycles. The predicted octanol–water partition coefficient (Wildman–Crippen LogP) is 3.30. The van der Waals surface area contributed by atoms with Crippen LogP contribution < -0.4 is 14.2 Å². The lowest BCUT2D eigenvalue weighted by Gasteiger charge is -2.12. The fourth-order valence-electron chi connectivity index (χ4n) is 2.06.